The minimum atomic E-state index is -0.429. The van der Waals surface area contributed by atoms with Crippen LogP contribution in [0.4, 0.5) is 5.69 Å². The van der Waals surface area contributed by atoms with Gasteiger partial charge in [0.15, 0.2) is 5.65 Å². The van der Waals surface area contributed by atoms with Gasteiger partial charge in [0.1, 0.15) is 5.39 Å². The average molecular weight is 344 g/mol. The van der Waals surface area contributed by atoms with E-state index in [1.165, 1.54) is 11.6 Å². The molecule has 0 spiro atoms. The molecular formula is C18H24N4O3. The Bertz CT molecular complexity index is 936. The fourth-order valence-electron chi connectivity index (χ4n) is 3.58. The number of amides is 1. The van der Waals surface area contributed by atoms with E-state index in [1.54, 1.807) is 13.2 Å². The van der Waals surface area contributed by atoms with Crippen LogP contribution in [0.2, 0.25) is 0 Å². The van der Waals surface area contributed by atoms with Gasteiger partial charge in [-0.3, -0.25) is 18.7 Å². The van der Waals surface area contributed by atoms with Crippen molar-refractivity contribution >= 4 is 22.6 Å². The number of pyridine rings is 1. The van der Waals surface area contributed by atoms with Gasteiger partial charge in [-0.15, -0.1) is 0 Å². The van der Waals surface area contributed by atoms with Crippen LogP contribution in [0.15, 0.2) is 15.8 Å². The molecule has 7 heteroatoms. The summed E-state index contributed by atoms with van der Waals surface area (Å²) in [5.74, 6) is -0.0488. The molecule has 0 atom stereocenters. The molecule has 3 rings (SSSR count). The lowest BCUT2D eigenvalue weighted by Gasteiger charge is -2.17. The second-order valence-electron chi connectivity index (χ2n) is 6.78. The molecule has 0 aromatic carbocycles. The second-order valence-corrected chi connectivity index (χ2v) is 6.78. The van der Waals surface area contributed by atoms with Crippen molar-refractivity contribution in [3.63, 3.8) is 0 Å². The Kier molecular flexibility index (Phi) is 4.74. The molecule has 0 bridgehead atoms. The van der Waals surface area contributed by atoms with E-state index in [1.807, 2.05) is 6.92 Å². The maximum atomic E-state index is 12.7. The summed E-state index contributed by atoms with van der Waals surface area (Å²) >= 11 is 0. The minimum Gasteiger partial charge on any atom is -0.325 e. The minimum absolute atomic E-state index is 0.00549. The average Bonchev–Trinajstić information content (AvgIpc) is 3.14. The highest BCUT2D eigenvalue weighted by molar-refractivity contribution is 6.01. The van der Waals surface area contributed by atoms with E-state index in [0.29, 0.717) is 23.1 Å². The third-order valence-electron chi connectivity index (χ3n) is 5.04. The van der Waals surface area contributed by atoms with E-state index < -0.39 is 11.2 Å². The molecule has 0 radical (unpaired) electrons. The van der Waals surface area contributed by atoms with E-state index >= 15 is 0 Å². The summed E-state index contributed by atoms with van der Waals surface area (Å²) in [6, 6.07) is 0. The number of nitrogens with one attached hydrogen (secondary N) is 1. The molecule has 7 nitrogen and oxygen atoms in total. The van der Waals surface area contributed by atoms with Crippen molar-refractivity contribution in [2.24, 2.45) is 20.0 Å². The van der Waals surface area contributed by atoms with Gasteiger partial charge in [-0.25, -0.2) is 9.78 Å². The lowest BCUT2D eigenvalue weighted by Crippen LogP contribution is -2.38. The molecule has 2 aromatic heterocycles. The lowest BCUT2D eigenvalue weighted by molar-refractivity contribution is -0.119. The fraction of sp³-hybridized carbons (Fsp3) is 0.556. The van der Waals surface area contributed by atoms with Gasteiger partial charge >= 0.3 is 5.69 Å². The molecule has 1 amide bonds. The summed E-state index contributed by atoms with van der Waals surface area (Å²) < 4.78 is 2.41. The molecular weight excluding hydrogens is 320 g/mol. The molecule has 0 saturated heterocycles. The standard InChI is InChI=1S/C18H24N4O3/c1-4-7-12-10-19-15-13(17(24)22(3)18(25)21(15)2)14(12)20-16(23)11-8-5-6-9-11/h10-11H,4-9H2,1-3H3,(H,19,20,23). The molecule has 134 valence electrons. The number of carbonyl (C=O) groups is 1. The zero-order chi connectivity index (χ0) is 18.1. The summed E-state index contributed by atoms with van der Waals surface area (Å²) in [4.78, 5) is 41.9. The van der Waals surface area contributed by atoms with E-state index in [-0.39, 0.29) is 11.8 Å². The molecule has 0 aliphatic heterocycles. The number of aromatic nitrogens is 3. The number of nitrogens with zero attached hydrogens (tertiary/aromatic N) is 3. The van der Waals surface area contributed by atoms with E-state index in [9.17, 15) is 14.4 Å². The van der Waals surface area contributed by atoms with Crippen LogP contribution in [0.5, 0.6) is 0 Å². The highest BCUT2D eigenvalue weighted by Crippen LogP contribution is 2.29. The molecule has 25 heavy (non-hydrogen) atoms. The molecule has 1 fully saturated rings. The van der Waals surface area contributed by atoms with E-state index in [4.69, 9.17) is 0 Å². The molecule has 1 aliphatic carbocycles. The zero-order valence-corrected chi connectivity index (χ0v) is 15.0. The van der Waals surface area contributed by atoms with Crippen LogP contribution in [-0.2, 0) is 25.3 Å². The van der Waals surface area contributed by atoms with Crippen LogP contribution < -0.4 is 16.6 Å². The topological polar surface area (TPSA) is 86.0 Å². The molecule has 0 unspecified atom stereocenters. The first-order valence-corrected chi connectivity index (χ1v) is 8.84. The van der Waals surface area contributed by atoms with Gasteiger partial charge in [0.05, 0.1) is 5.69 Å². The van der Waals surface area contributed by atoms with E-state index in [0.717, 1.165) is 42.2 Å². The predicted molar refractivity (Wildman–Crippen MR) is 96.8 cm³/mol. The third-order valence-corrected chi connectivity index (χ3v) is 5.04. The molecule has 2 heterocycles. The maximum absolute atomic E-state index is 12.7. The SMILES string of the molecule is CCCc1cnc2c(c1NC(=O)C1CCCC1)c(=O)n(C)c(=O)n2C. The molecule has 1 saturated carbocycles. The highest BCUT2D eigenvalue weighted by atomic mass is 16.2. The van der Waals surface area contributed by atoms with Crippen LogP contribution in [-0.4, -0.2) is 20.0 Å². The summed E-state index contributed by atoms with van der Waals surface area (Å²) in [7, 11) is 3.03. The van der Waals surface area contributed by atoms with Gasteiger partial charge in [-0.05, 0) is 24.8 Å². The highest BCUT2D eigenvalue weighted by Gasteiger charge is 2.25. The van der Waals surface area contributed by atoms with Crippen LogP contribution >= 0.6 is 0 Å². The zero-order valence-electron chi connectivity index (χ0n) is 15.0. The number of aryl methyl sites for hydroxylation is 2. The number of hydrogen-bond acceptors (Lipinski definition) is 4. The summed E-state index contributed by atoms with van der Waals surface area (Å²) in [6.07, 6.45) is 7.12. The Labute approximate surface area is 145 Å². The molecule has 2 aromatic rings. The maximum Gasteiger partial charge on any atom is 0.332 e. The normalized spacial score (nSPS) is 15.0. The molecule has 1 N–H and O–H groups in total. The number of anilines is 1. The van der Waals surface area contributed by atoms with Crippen molar-refractivity contribution < 1.29 is 4.79 Å². The second kappa shape index (κ2) is 6.82. The summed E-state index contributed by atoms with van der Waals surface area (Å²) in [6.45, 7) is 2.03. The molecule has 1 aliphatic rings. The van der Waals surface area contributed by atoms with E-state index in [2.05, 4.69) is 10.3 Å². The summed E-state index contributed by atoms with van der Waals surface area (Å²) in [5.41, 5.74) is 0.790. The van der Waals surface area contributed by atoms with Gasteiger partial charge < -0.3 is 5.32 Å². The Morgan fingerprint density at radius 2 is 1.92 bits per heavy atom. The number of fused-ring (bicyclic) bond motifs is 1. The Hall–Kier alpha value is -2.44. The van der Waals surface area contributed by atoms with Crippen molar-refractivity contribution in [2.45, 2.75) is 45.4 Å². The summed E-state index contributed by atoms with van der Waals surface area (Å²) in [5, 5.41) is 3.29. The number of rotatable bonds is 4. The third kappa shape index (κ3) is 2.99. The lowest BCUT2D eigenvalue weighted by atomic mass is 10.0. The first kappa shape index (κ1) is 17.4. The predicted octanol–water partition coefficient (Wildman–Crippen LogP) is 1.71. The fourth-order valence-corrected chi connectivity index (χ4v) is 3.58. The van der Waals surface area contributed by atoms with Crippen molar-refractivity contribution in [2.75, 3.05) is 5.32 Å². The van der Waals surface area contributed by atoms with Crippen molar-refractivity contribution in [3.8, 4) is 0 Å². The largest absolute Gasteiger partial charge is 0.332 e. The first-order valence-electron chi connectivity index (χ1n) is 8.84. The van der Waals surface area contributed by atoms with Gasteiger partial charge in [0, 0.05) is 26.2 Å². The monoisotopic (exact) mass is 344 g/mol. The van der Waals surface area contributed by atoms with Crippen molar-refractivity contribution in [1.82, 2.24) is 14.1 Å². The van der Waals surface area contributed by atoms with Crippen molar-refractivity contribution in [1.29, 1.82) is 0 Å². The number of carbonyl (C=O) groups excluding carboxylic acids is 1. The van der Waals surface area contributed by atoms with Gasteiger partial charge in [0.2, 0.25) is 5.91 Å². The number of hydrogen-bond donors (Lipinski definition) is 1. The van der Waals surface area contributed by atoms with Gasteiger partial charge in [-0.2, -0.15) is 0 Å². The van der Waals surface area contributed by atoms with Crippen LogP contribution in [0, 0.1) is 5.92 Å². The van der Waals surface area contributed by atoms with Crippen LogP contribution in [0.1, 0.15) is 44.6 Å². The first-order chi connectivity index (χ1) is 12.0. The van der Waals surface area contributed by atoms with Crippen molar-refractivity contribution in [3.05, 3.63) is 32.6 Å². The van der Waals surface area contributed by atoms with Gasteiger partial charge in [0.25, 0.3) is 5.56 Å². The quantitative estimate of drug-likeness (QED) is 0.915. The smallest absolute Gasteiger partial charge is 0.325 e. The Balaban J connectivity index is 2.22. The van der Waals surface area contributed by atoms with Gasteiger partial charge in [-0.1, -0.05) is 26.2 Å². The van der Waals surface area contributed by atoms with Crippen LogP contribution in [0.25, 0.3) is 11.0 Å². The Morgan fingerprint density at radius 3 is 2.56 bits per heavy atom. The van der Waals surface area contributed by atoms with Crippen LogP contribution in [0.3, 0.4) is 0 Å². The Morgan fingerprint density at radius 1 is 1.24 bits per heavy atom.